The van der Waals surface area contributed by atoms with Crippen molar-refractivity contribution in [3.05, 3.63) is 23.8 Å². The van der Waals surface area contributed by atoms with E-state index in [1.807, 2.05) is 18.2 Å². The van der Waals surface area contributed by atoms with Gasteiger partial charge >= 0.3 is 0 Å². The molecule has 0 aromatic heterocycles. The number of piperidine rings is 2. The first-order valence-electron chi connectivity index (χ1n) is 11.9. The first-order chi connectivity index (χ1) is 15.2. The van der Waals surface area contributed by atoms with Crippen LogP contribution in [0.2, 0.25) is 0 Å². The Morgan fingerprint density at radius 2 is 1.87 bits per heavy atom. The van der Waals surface area contributed by atoms with Gasteiger partial charge in [-0.1, -0.05) is 12.5 Å². The molecule has 1 aromatic carbocycles. The standard InChI is InChI=1S/C25H40N2O4/c1-29-17-7-16-27(19-21-8-6-15-26-14-5-4-9-22(21)26)25(28)13-11-20-10-12-23(30-2)24(18-20)31-3/h10,12,18,21-22H,4-9,11,13-17,19H2,1-3H3/t21-,22+/m0/s1. The van der Waals surface area contributed by atoms with Gasteiger partial charge in [-0.25, -0.2) is 0 Å². The molecule has 2 aliphatic rings. The normalized spacial score (nSPS) is 21.4. The van der Waals surface area contributed by atoms with Crippen LogP contribution in [0, 0.1) is 5.92 Å². The summed E-state index contributed by atoms with van der Waals surface area (Å²) in [5.74, 6) is 2.28. The molecule has 0 unspecified atom stereocenters. The van der Waals surface area contributed by atoms with Crippen molar-refractivity contribution in [2.24, 2.45) is 5.92 Å². The van der Waals surface area contributed by atoms with Gasteiger partial charge in [0.2, 0.25) is 5.91 Å². The Kier molecular flexibility index (Phi) is 9.47. The van der Waals surface area contributed by atoms with E-state index in [9.17, 15) is 4.79 Å². The number of hydrogen-bond donors (Lipinski definition) is 0. The average molecular weight is 433 g/mol. The largest absolute Gasteiger partial charge is 0.493 e. The lowest BCUT2D eigenvalue weighted by molar-refractivity contribution is -0.132. The number of aryl methyl sites for hydroxylation is 1. The Balaban J connectivity index is 1.61. The lowest BCUT2D eigenvalue weighted by Gasteiger charge is -2.45. The second kappa shape index (κ2) is 12.3. The number of benzene rings is 1. The highest BCUT2D eigenvalue weighted by Gasteiger charge is 2.34. The quantitative estimate of drug-likeness (QED) is 0.498. The maximum absolute atomic E-state index is 13.2. The van der Waals surface area contributed by atoms with Crippen molar-refractivity contribution in [2.45, 2.75) is 57.4 Å². The molecule has 0 saturated carbocycles. The molecule has 31 heavy (non-hydrogen) atoms. The molecule has 174 valence electrons. The van der Waals surface area contributed by atoms with E-state index in [-0.39, 0.29) is 5.91 Å². The SMILES string of the molecule is COCCCN(C[C@@H]1CCCN2CCCC[C@H]12)C(=O)CCc1ccc(OC)c(OC)c1. The number of amides is 1. The van der Waals surface area contributed by atoms with E-state index in [0.717, 1.165) is 25.1 Å². The van der Waals surface area contributed by atoms with Gasteiger partial charge in [0.25, 0.3) is 0 Å². The molecular formula is C25H40N2O4. The lowest BCUT2D eigenvalue weighted by atomic mass is 9.83. The van der Waals surface area contributed by atoms with Crippen molar-refractivity contribution in [3.63, 3.8) is 0 Å². The minimum absolute atomic E-state index is 0.249. The Labute approximate surface area is 187 Å². The molecule has 0 radical (unpaired) electrons. The molecule has 3 rings (SSSR count). The molecule has 2 heterocycles. The summed E-state index contributed by atoms with van der Waals surface area (Å²) in [6.45, 7) is 4.83. The van der Waals surface area contributed by atoms with Crippen molar-refractivity contribution in [2.75, 3.05) is 54.1 Å². The van der Waals surface area contributed by atoms with Crippen LogP contribution in [-0.4, -0.2) is 75.9 Å². The zero-order valence-electron chi connectivity index (χ0n) is 19.6. The molecule has 0 aliphatic carbocycles. The summed E-state index contributed by atoms with van der Waals surface area (Å²) >= 11 is 0. The van der Waals surface area contributed by atoms with Crippen molar-refractivity contribution in [1.29, 1.82) is 0 Å². The van der Waals surface area contributed by atoms with E-state index in [1.54, 1.807) is 21.3 Å². The summed E-state index contributed by atoms with van der Waals surface area (Å²) in [6.07, 6.45) is 8.55. The Hall–Kier alpha value is -1.79. The van der Waals surface area contributed by atoms with Gasteiger partial charge in [-0.3, -0.25) is 4.79 Å². The lowest BCUT2D eigenvalue weighted by Crippen LogP contribution is -2.51. The van der Waals surface area contributed by atoms with Crippen LogP contribution in [0.1, 0.15) is 50.5 Å². The third kappa shape index (κ3) is 6.59. The molecule has 6 heteroatoms. The maximum atomic E-state index is 13.2. The van der Waals surface area contributed by atoms with Gasteiger partial charge in [0.05, 0.1) is 14.2 Å². The van der Waals surface area contributed by atoms with Crippen LogP contribution >= 0.6 is 0 Å². The summed E-state index contributed by atoms with van der Waals surface area (Å²) in [5, 5.41) is 0. The molecule has 0 bridgehead atoms. The number of rotatable bonds is 11. The van der Waals surface area contributed by atoms with Gasteiger partial charge in [-0.05, 0) is 75.2 Å². The number of ether oxygens (including phenoxy) is 3. The van der Waals surface area contributed by atoms with Gasteiger partial charge in [0.1, 0.15) is 0 Å². The average Bonchev–Trinajstić information content (AvgIpc) is 2.81. The summed E-state index contributed by atoms with van der Waals surface area (Å²) in [5.41, 5.74) is 1.10. The molecule has 1 aromatic rings. The second-order valence-corrected chi connectivity index (χ2v) is 8.88. The van der Waals surface area contributed by atoms with E-state index < -0.39 is 0 Å². The summed E-state index contributed by atoms with van der Waals surface area (Å²) in [4.78, 5) is 18.0. The van der Waals surface area contributed by atoms with E-state index in [1.165, 1.54) is 45.2 Å². The summed E-state index contributed by atoms with van der Waals surface area (Å²) in [7, 11) is 5.00. The fourth-order valence-corrected chi connectivity index (χ4v) is 5.24. The maximum Gasteiger partial charge on any atom is 0.222 e. The summed E-state index contributed by atoms with van der Waals surface area (Å²) < 4.78 is 16.0. The van der Waals surface area contributed by atoms with Gasteiger partial charge in [0, 0.05) is 39.3 Å². The Bertz CT molecular complexity index is 694. The van der Waals surface area contributed by atoms with Crippen LogP contribution in [0.5, 0.6) is 11.5 Å². The predicted octanol–water partition coefficient (Wildman–Crippen LogP) is 3.77. The molecule has 1 amide bonds. The van der Waals surface area contributed by atoms with Crippen LogP contribution < -0.4 is 9.47 Å². The fourth-order valence-electron chi connectivity index (χ4n) is 5.24. The van der Waals surface area contributed by atoms with Gasteiger partial charge in [0.15, 0.2) is 11.5 Å². The third-order valence-corrected chi connectivity index (χ3v) is 6.89. The smallest absolute Gasteiger partial charge is 0.222 e. The van der Waals surface area contributed by atoms with Crippen molar-refractivity contribution >= 4 is 5.91 Å². The molecule has 2 atom stereocenters. The number of hydrogen-bond acceptors (Lipinski definition) is 5. The minimum Gasteiger partial charge on any atom is -0.493 e. The fraction of sp³-hybridized carbons (Fsp3) is 0.720. The number of carbonyl (C=O) groups is 1. The van der Waals surface area contributed by atoms with Crippen molar-refractivity contribution in [1.82, 2.24) is 9.80 Å². The molecule has 2 fully saturated rings. The first kappa shape index (κ1) is 23.9. The topological polar surface area (TPSA) is 51.2 Å². The van der Waals surface area contributed by atoms with E-state index in [4.69, 9.17) is 14.2 Å². The highest BCUT2D eigenvalue weighted by Crippen LogP contribution is 2.32. The van der Waals surface area contributed by atoms with Gasteiger partial charge in [-0.15, -0.1) is 0 Å². The molecule has 6 nitrogen and oxygen atoms in total. The van der Waals surface area contributed by atoms with Crippen LogP contribution in [-0.2, 0) is 16.0 Å². The highest BCUT2D eigenvalue weighted by molar-refractivity contribution is 5.76. The van der Waals surface area contributed by atoms with Crippen LogP contribution in [0.25, 0.3) is 0 Å². The summed E-state index contributed by atoms with van der Waals surface area (Å²) in [6, 6.07) is 6.56. The second-order valence-electron chi connectivity index (χ2n) is 8.88. The van der Waals surface area contributed by atoms with E-state index in [2.05, 4.69) is 9.80 Å². The molecule has 2 saturated heterocycles. The van der Waals surface area contributed by atoms with Gasteiger partial charge < -0.3 is 24.0 Å². The molecular weight excluding hydrogens is 392 g/mol. The molecule has 0 spiro atoms. The number of methoxy groups -OCH3 is 3. The minimum atomic E-state index is 0.249. The van der Waals surface area contributed by atoms with Crippen LogP contribution in [0.3, 0.4) is 0 Å². The van der Waals surface area contributed by atoms with E-state index >= 15 is 0 Å². The van der Waals surface area contributed by atoms with Crippen molar-refractivity contribution < 1.29 is 19.0 Å². The molecule has 0 N–H and O–H groups in total. The number of fused-ring (bicyclic) bond motifs is 1. The van der Waals surface area contributed by atoms with E-state index in [0.29, 0.717) is 42.9 Å². The van der Waals surface area contributed by atoms with Crippen molar-refractivity contribution in [3.8, 4) is 11.5 Å². The molecule has 2 aliphatic heterocycles. The third-order valence-electron chi connectivity index (χ3n) is 6.89. The van der Waals surface area contributed by atoms with Crippen LogP contribution in [0.15, 0.2) is 18.2 Å². The van der Waals surface area contributed by atoms with Crippen LogP contribution in [0.4, 0.5) is 0 Å². The number of carbonyl (C=O) groups excluding carboxylic acids is 1. The number of nitrogens with zero attached hydrogens (tertiary/aromatic N) is 2. The van der Waals surface area contributed by atoms with Gasteiger partial charge in [-0.2, -0.15) is 0 Å². The zero-order chi connectivity index (χ0) is 22.1. The predicted molar refractivity (Wildman–Crippen MR) is 123 cm³/mol. The Morgan fingerprint density at radius 3 is 2.65 bits per heavy atom. The Morgan fingerprint density at radius 1 is 1.06 bits per heavy atom. The highest BCUT2D eigenvalue weighted by atomic mass is 16.5. The first-order valence-corrected chi connectivity index (χ1v) is 11.9. The monoisotopic (exact) mass is 432 g/mol. The zero-order valence-corrected chi connectivity index (χ0v) is 19.6.